The quantitative estimate of drug-likeness (QED) is 0.319. The van der Waals surface area contributed by atoms with Gasteiger partial charge in [0.15, 0.2) is 0 Å². The minimum absolute atomic E-state index is 0.148. The number of rotatable bonds is 7. The molecule has 0 bridgehead atoms. The molecule has 0 saturated heterocycles. The van der Waals surface area contributed by atoms with Crippen LogP contribution in [0.25, 0.3) is 10.9 Å². The number of nitrogens with one attached hydrogen (secondary N) is 3. The summed E-state index contributed by atoms with van der Waals surface area (Å²) in [5, 5.41) is 22.3. The number of aliphatic imine (C=N–C) groups is 1. The third kappa shape index (κ3) is 3.90. The number of H-pyrrole nitrogens is 1. The third-order valence-corrected chi connectivity index (χ3v) is 4.10. The maximum absolute atomic E-state index is 9.65. The Morgan fingerprint density at radius 2 is 2.21 bits per heavy atom. The van der Waals surface area contributed by atoms with Crippen LogP contribution in [0.1, 0.15) is 18.2 Å². The highest BCUT2D eigenvalue weighted by Gasteiger charge is 2.18. The van der Waals surface area contributed by atoms with Gasteiger partial charge in [-0.3, -0.25) is 10.4 Å². The SMILES string of the molecule is C=N/C=C(\C=C/C)CNc1ncnc(N)c1C(=N)c1cc2cc(O)ccc2[nH]1. The van der Waals surface area contributed by atoms with Gasteiger partial charge < -0.3 is 21.1 Å². The van der Waals surface area contributed by atoms with Gasteiger partial charge in [0, 0.05) is 23.6 Å². The Balaban J connectivity index is 1.95. The molecule has 3 rings (SSSR count). The van der Waals surface area contributed by atoms with Crippen molar-refractivity contribution in [1.82, 2.24) is 15.0 Å². The van der Waals surface area contributed by atoms with Gasteiger partial charge >= 0.3 is 0 Å². The number of anilines is 2. The zero-order valence-electron chi connectivity index (χ0n) is 15.4. The van der Waals surface area contributed by atoms with Gasteiger partial charge in [-0.25, -0.2) is 9.97 Å². The first-order chi connectivity index (χ1) is 13.5. The molecule has 0 atom stereocenters. The highest BCUT2D eigenvalue weighted by atomic mass is 16.3. The molecule has 6 N–H and O–H groups in total. The second kappa shape index (κ2) is 8.17. The molecule has 0 radical (unpaired) electrons. The number of aromatic nitrogens is 3. The number of nitrogens with zero attached hydrogens (tertiary/aromatic N) is 3. The van der Waals surface area contributed by atoms with Crippen LogP contribution in [0, 0.1) is 5.41 Å². The van der Waals surface area contributed by atoms with Crippen molar-refractivity contribution in [3.63, 3.8) is 0 Å². The fraction of sp³-hybridized carbons (Fsp3) is 0.100. The molecule has 0 aliphatic carbocycles. The van der Waals surface area contributed by atoms with E-state index >= 15 is 0 Å². The largest absolute Gasteiger partial charge is 0.508 e. The minimum atomic E-state index is 0.148. The third-order valence-electron chi connectivity index (χ3n) is 4.10. The number of hydrogen-bond donors (Lipinski definition) is 5. The molecule has 8 nitrogen and oxygen atoms in total. The first-order valence-corrected chi connectivity index (χ1v) is 8.56. The number of nitrogens with two attached hydrogens (primary N) is 1. The van der Waals surface area contributed by atoms with Gasteiger partial charge in [-0.2, -0.15) is 0 Å². The molecular weight excluding hydrogens is 354 g/mol. The molecule has 0 saturated carbocycles. The number of phenolic OH excluding ortho intramolecular Hbond substituents is 1. The number of fused-ring (bicyclic) bond motifs is 1. The van der Waals surface area contributed by atoms with Crippen LogP contribution >= 0.6 is 0 Å². The number of allylic oxidation sites excluding steroid dienone is 1. The summed E-state index contributed by atoms with van der Waals surface area (Å²) in [5.41, 5.74) is 8.84. The molecule has 1 aromatic carbocycles. The van der Waals surface area contributed by atoms with Crippen LogP contribution in [0.5, 0.6) is 5.75 Å². The summed E-state index contributed by atoms with van der Waals surface area (Å²) in [7, 11) is 0. The highest BCUT2D eigenvalue weighted by molar-refractivity contribution is 6.16. The average Bonchev–Trinajstić information content (AvgIpc) is 3.09. The van der Waals surface area contributed by atoms with Crippen molar-refractivity contribution in [2.24, 2.45) is 4.99 Å². The molecule has 3 aromatic rings. The smallest absolute Gasteiger partial charge is 0.141 e. The summed E-state index contributed by atoms with van der Waals surface area (Å²) in [6, 6.07) is 6.74. The fourth-order valence-electron chi connectivity index (χ4n) is 2.83. The van der Waals surface area contributed by atoms with E-state index in [0.717, 1.165) is 16.5 Å². The van der Waals surface area contributed by atoms with Crippen molar-refractivity contribution < 1.29 is 5.11 Å². The van der Waals surface area contributed by atoms with Crippen molar-refractivity contribution in [1.29, 1.82) is 5.41 Å². The predicted molar refractivity (Wildman–Crippen MR) is 113 cm³/mol. The van der Waals surface area contributed by atoms with Crippen molar-refractivity contribution >= 4 is 35.0 Å². The van der Waals surface area contributed by atoms with Crippen molar-refractivity contribution in [3.8, 4) is 5.75 Å². The molecule has 0 aliphatic rings. The lowest BCUT2D eigenvalue weighted by Crippen LogP contribution is -2.15. The minimum Gasteiger partial charge on any atom is -0.508 e. The summed E-state index contributed by atoms with van der Waals surface area (Å²) in [6.07, 6.45) is 6.80. The molecule has 0 amide bonds. The predicted octanol–water partition coefficient (Wildman–Crippen LogP) is 3.23. The van der Waals surface area contributed by atoms with Gasteiger partial charge in [0.1, 0.15) is 23.7 Å². The van der Waals surface area contributed by atoms with Gasteiger partial charge in [-0.05, 0) is 43.5 Å². The van der Waals surface area contributed by atoms with Crippen LogP contribution in [-0.2, 0) is 0 Å². The Labute approximate surface area is 162 Å². The Kier molecular flexibility index (Phi) is 5.50. The summed E-state index contributed by atoms with van der Waals surface area (Å²) in [4.78, 5) is 15.2. The zero-order valence-corrected chi connectivity index (χ0v) is 15.4. The van der Waals surface area contributed by atoms with E-state index in [1.54, 1.807) is 30.5 Å². The number of phenols is 1. The molecule has 0 fully saturated rings. The first kappa shape index (κ1) is 18.8. The molecule has 0 spiro atoms. The summed E-state index contributed by atoms with van der Waals surface area (Å²) in [5.74, 6) is 0.800. The Morgan fingerprint density at radius 1 is 1.39 bits per heavy atom. The Hall–Kier alpha value is -3.94. The van der Waals surface area contributed by atoms with E-state index in [2.05, 4.69) is 32.0 Å². The molecule has 0 unspecified atom stereocenters. The topological polar surface area (TPSA) is 136 Å². The van der Waals surface area contributed by atoms with Gasteiger partial charge in [0.05, 0.1) is 17.0 Å². The molecule has 8 heteroatoms. The van der Waals surface area contributed by atoms with Crippen LogP contribution in [0.4, 0.5) is 11.6 Å². The number of benzene rings is 1. The monoisotopic (exact) mass is 375 g/mol. The van der Waals surface area contributed by atoms with E-state index in [0.29, 0.717) is 23.6 Å². The van der Waals surface area contributed by atoms with Gasteiger partial charge in [0.2, 0.25) is 0 Å². The Bertz CT molecular complexity index is 1100. The normalized spacial score (nSPS) is 11.8. The van der Waals surface area contributed by atoms with Gasteiger partial charge in [-0.15, -0.1) is 0 Å². The van der Waals surface area contributed by atoms with Crippen molar-refractivity contribution in [2.45, 2.75) is 6.92 Å². The molecule has 2 heterocycles. The highest BCUT2D eigenvalue weighted by Crippen LogP contribution is 2.25. The fourth-order valence-corrected chi connectivity index (χ4v) is 2.83. The standard InChI is InChI=1S/C20H21N7O/c1-3-4-12(9-23-2)10-24-20-17(19(22)25-11-26-20)18(21)16-8-13-7-14(28)5-6-15(13)27-16/h3-9,11,21,27-28H,2,10H2,1H3,(H3,22,24,25,26)/b4-3-,12-9+,21-18?. The molecule has 28 heavy (non-hydrogen) atoms. The second-order valence-corrected chi connectivity index (χ2v) is 6.05. The van der Waals surface area contributed by atoms with Gasteiger partial charge in [-0.1, -0.05) is 12.2 Å². The van der Waals surface area contributed by atoms with Crippen LogP contribution in [-0.4, -0.2) is 39.0 Å². The van der Waals surface area contributed by atoms with Gasteiger partial charge in [0.25, 0.3) is 0 Å². The molecule has 2 aromatic heterocycles. The second-order valence-electron chi connectivity index (χ2n) is 6.05. The zero-order chi connectivity index (χ0) is 20.1. The van der Waals surface area contributed by atoms with Crippen LogP contribution < -0.4 is 11.1 Å². The van der Waals surface area contributed by atoms with E-state index in [4.69, 9.17) is 11.1 Å². The Morgan fingerprint density at radius 3 is 2.96 bits per heavy atom. The lowest BCUT2D eigenvalue weighted by atomic mass is 10.1. The maximum Gasteiger partial charge on any atom is 0.141 e. The number of aromatic amines is 1. The summed E-state index contributed by atoms with van der Waals surface area (Å²) in [6.45, 7) is 5.82. The van der Waals surface area contributed by atoms with E-state index in [-0.39, 0.29) is 17.3 Å². The molecular formula is C20H21N7O. The van der Waals surface area contributed by atoms with Crippen molar-refractivity contribution in [3.05, 3.63) is 65.8 Å². The van der Waals surface area contributed by atoms with Crippen LogP contribution in [0.3, 0.4) is 0 Å². The van der Waals surface area contributed by atoms with Crippen molar-refractivity contribution in [2.75, 3.05) is 17.6 Å². The molecule has 142 valence electrons. The number of nitrogen functional groups attached to an aromatic ring is 1. The summed E-state index contributed by atoms with van der Waals surface area (Å²) >= 11 is 0. The van der Waals surface area contributed by atoms with E-state index in [1.807, 2.05) is 19.1 Å². The van der Waals surface area contributed by atoms with Crippen LogP contribution in [0.2, 0.25) is 0 Å². The summed E-state index contributed by atoms with van der Waals surface area (Å²) < 4.78 is 0. The lowest BCUT2D eigenvalue weighted by Gasteiger charge is -2.13. The first-order valence-electron chi connectivity index (χ1n) is 8.56. The van der Waals surface area contributed by atoms with Crippen LogP contribution in [0.15, 0.2) is 59.5 Å². The number of hydrogen-bond acceptors (Lipinski definition) is 7. The van der Waals surface area contributed by atoms with E-state index in [1.165, 1.54) is 6.33 Å². The number of aromatic hydroxyl groups is 1. The molecule has 0 aliphatic heterocycles. The maximum atomic E-state index is 9.65. The lowest BCUT2D eigenvalue weighted by molar-refractivity contribution is 0.476. The van der Waals surface area contributed by atoms with E-state index < -0.39 is 0 Å². The van der Waals surface area contributed by atoms with E-state index in [9.17, 15) is 5.11 Å². The average molecular weight is 375 g/mol.